The third-order valence-electron chi connectivity index (χ3n) is 7.02. The van der Waals surface area contributed by atoms with Crippen molar-refractivity contribution < 1.29 is 13.5 Å². The van der Waals surface area contributed by atoms with Crippen molar-refractivity contribution >= 4 is 11.6 Å². The quantitative estimate of drug-likeness (QED) is 0.518. The molecule has 8 nitrogen and oxygen atoms in total. The molecule has 35 heavy (non-hydrogen) atoms. The largest absolute Gasteiger partial charge is 0.497 e. The van der Waals surface area contributed by atoms with Crippen molar-refractivity contribution in [2.75, 3.05) is 38.6 Å². The number of aromatic nitrogens is 4. The summed E-state index contributed by atoms with van der Waals surface area (Å²) in [7, 11) is 1.66. The number of hydrogen-bond acceptors (Lipinski definition) is 7. The normalized spacial score (nSPS) is 19.9. The molecule has 0 spiro atoms. The zero-order valence-corrected chi connectivity index (χ0v) is 20.7. The lowest BCUT2D eigenvalue weighted by Crippen LogP contribution is -2.58. The average molecular weight is 486 g/mol. The Hall–Kier alpha value is -2.85. The molecule has 4 heterocycles. The van der Waals surface area contributed by atoms with Crippen LogP contribution in [-0.2, 0) is 6.54 Å². The number of hydrogen-bond donors (Lipinski definition) is 1. The van der Waals surface area contributed by atoms with Crippen LogP contribution in [-0.4, -0.2) is 74.6 Å². The van der Waals surface area contributed by atoms with Crippen LogP contribution in [0.3, 0.4) is 0 Å². The average Bonchev–Trinajstić information content (AvgIpc) is 3.39. The third kappa shape index (κ3) is 4.95. The SMILES string of the molecule is COc1cccc([C@H](C)Nc2nc(CN3CC(N4CCC(F)(F)C4)C3)nc3c(C(C)C)cnn23)c1. The van der Waals surface area contributed by atoms with Crippen molar-refractivity contribution in [2.24, 2.45) is 0 Å². The van der Waals surface area contributed by atoms with Crippen LogP contribution in [0, 0.1) is 0 Å². The molecule has 0 radical (unpaired) electrons. The summed E-state index contributed by atoms with van der Waals surface area (Å²) in [5.74, 6) is -0.156. The van der Waals surface area contributed by atoms with E-state index < -0.39 is 5.92 Å². The molecule has 188 valence electrons. The van der Waals surface area contributed by atoms with Crippen molar-refractivity contribution in [3.8, 4) is 5.75 Å². The summed E-state index contributed by atoms with van der Waals surface area (Å²) in [5, 5.41) is 8.07. The fraction of sp³-hybridized carbons (Fsp3) is 0.560. The Balaban J connectivity index is 1.35. The maximum atomic E-state index is 13.6. The second kappa shape index (κ2) is 9.31. The number of rotatable bonds is 8. The highest BCUT2D eigenvalue weighted by molar-refractivity contribution is 5.52. The molecule has 1 N–H and O–H groups in total. The lowest BCUT2D eigenvalue weighted by atomic mass is 10.1. The summed E-state index contributed by atoms with van der Waals surface area (Å²) < 4.78 is 34.3. The molecule has 0 aliphatic carbocycles. The second-order valence-corrected chi connectivity index (χ2v) is 10.0. The minimum Gasteiger partial charge on any atom is -0.497 e. The molecule has 3 aromatic rings. The lowest BCUT2D eigenvalue weighted by Gasteiger charge is -2.43. The standard InChI is InChI=1S/C25H33F2N7O/c1-16(2)21-11-28-34-23(21)30-22(14-32-12-19(13-32)33-9-8-25(26,27)15-33)31-24(34)29-17(3)18-6-5-7-20(10-18)35-4/h5-7,10-11,16-17,19H,8-9,12-15H2,1-4H3,(H,29,30,31)/t17-/m0/s1. The first-order valence-electron chi connectivity index (χ1n) is 12.2. The molecule has 2 fully saturated rings. The van der Waals surface area contributed by atoms with E-state index in [-0.39, 0.29) is 31.0 Å². The van der Waals surface area contributed by atoms with Crippen molar-refractivity contribution in [1.29, 1.82) is 0 Å². The summed E-state index contributed by atoms with van der Waals surface area (Å²) in [6, 6.07) is 8.08. The van der Waals surface area contributed by atoms with E-state index >= 15 is 0 Å². The van der Waals surface area contributed by atoms with Crippen molar-refractivity contribution in [2.45, 2.75) is 57.7 Å². The van der Waals surface area contributed by atoms with Crippen LogP contribution in [0.25, 0.3) is 5.65 Å². The van der Waals surface area contributed by atoms with Gasteiger partial charge in [-0.25, -0.2) is 13.8 Å². The molecular formula is C25H33F2N7O. The fourth-order valence-electron chi connectivity index (χ4n) is 4.87. The van der Waals surface area contributed by atoms with E-state index in [9.17, 15) is 8.78 Å². The van der Waals surface area contributed by atoms with Gasteiger partial charge in [-0.3, -0.25) is 9.80 Å². The molecule has 2 saturated heterocycles. The molecule has 1 aromatic carbocycles. The number of alkyl halides is 2. The van der Waals surface area contributed by atoms with Crippen LogP contribution in [0.2, 0.25) is 0 Å². The van der Waals surface area contributed by atoms with Gasteiger partial charge >= 0.3 is 0 Å². The van der Waals surface area contributed by atoms with Gasteiger partial charge in [0.05, 0.1) is 32.4 Å². The van der Waals surface area contributed by atoms with Crippen LogP contribution in [0.5, 0.6) is 5.75 Å². The van der Waals surface area contributed by atoms with E-state index in [1.54, 1.807) is 11.6 Å². The first kappa shape index (κ1) is 23.9. The Morgan fingerprint density at radius 3 is 2.69 bits per heavy atom. The first-order chi connectivity index (χ1) is 16.7. The highest BCUT2D eigenvalue weighted by Gasteiger charge is 2.44. The Kier molecular flexibility index (Phi) is 6.35. The molecule has 2 aromatic heterocycles. The molecule has 10 heteroatoms. The van der Waals surface area contributed by atoms with Gasteiger partial charge in [-0.2, -0.15) is 14.6 Å². The van der Waals surface area contributed by atoms with Gasteiger partial charge in [0.2, 0.25) is 5.95 Å². The maximum absolute atomic E-state index is 13.6. The molecule has 0 bridgehead atoms. The summed E-state index contributed by atoms with van der Waals surface area (Å²) in [5.41, 5.74) is 2.93. The minimum absolute atomic E-state index is 0.0343. The summed E-state index contributed by atoms with van der Waals surface area (Å²) >= 11 is 0. The molecule has 2 aliphatic rings. The Morgan fingerprint density at radius 1 is 1.20 bits per heavy atom. The predicted molar refractivity (Wildman–Crippen MR) is 130 cm³/mol. The number of methoxy groups -OCH3 is 1. The van der Waals surface area contributed by atoms with E-state index in [0.717, 1.165) is 35.6 Å². The van der Waals surface area contributed by atoms with Gasteiger partial charge in [0, 0.05) is 37.7 Å². The van der Waals surface area contributed by atoms with Crippen LogP contribution < -0.4 is 10.1 Å². The monoisotopic (exact) mass is 485 g/mol. The smallest absolute Gasteiger partial charge is 0.261 e. The number of likely N-dealkylation sites (tertiary alicyclic amines) is 2. The van der Waals surface area contributed by atoms with Crippen molar-refractivity contribution in [3.63, 3.8) is 0 Å². The number of fused-ring (bicyclic) bond motifs is 1. The van der Waals surface area contributed by atoms with E-state index in [1.807, 2.05) is 35.4 Å². The van der Waals surface area contributed by atoms with E-state index in [2.05, 4.69) is 36.1 Å². The van der Waals surface area contributed by atoms with Crippen LogP contribution >= 0.6 is 0 Å². The number of benzene rings is 1. The van der Waals surface area contributed by atoms with Crippen molar-refractivity contribution in [3.05, 3.63) is 47.4 Å². The highest BCUT2D eigenvalue weighted by atomic mass is 19.3. The topological polar surface area (TPSA) is 70.8 Å². The summed E-state index contributed by atoms with van der Waals surface area (Å²) in [6.45, 7) is 8.74. The maximum Gasteiger partial charge on any atom is 0.261 e. The van der Waals surface area contributed by atoms with Gasteiger partial charge in [-0.15, -0.1) is 0 Å². The number of nitrogens with one attached hydrogen (secondary N) is 1. The molecule has 0 saturated carbocycles. The summed E-state index contributed by atoms with van der Waals surface area (Å²) in [6.07, 6.45) is 1.82. The van der Waals surface area contributed by atoms with E-state index in [4.69, 9.17) is 14.7 Å². The first-order valence-corrected chi connectivity index (χ1v) is 12.2. The van der Waals surface area contributed by atoms with E-state index in [1.165, 1.54) is 0 Å². The van der Waals surface area contributed by atoms with E-state index in [0.29, 0.717) is 24.9 Å². The number of halogens is 2. The van der Waals surface area contributed by atoms with Crippen LogP contribution in [0.1, 0.15) is 56.1 Å². The molecule has 5 rings (SSSR count). The van der Waals surface area contributed by atoms with Gasteiger partial charge in [-0.1, -0.05) is 26.0 Å². The van der Waals surface area contributed by atoms with Crippen LogP contribution in [0.4, 0.5) is 14.7 Å². The molecule has 0 amide bonds. The lowest BCUT2D eigenvalue weighted by molar-refractivity contribution is -0.0140. The number of nitrogens with zero attached hydrogens (tertiary/aromatic N) is 6. The molecule has 1 atom stereocenters. The Labute approximate surface area is 204 Å². The van der Waals surface area contributed by atoms with Gasteiger partial charge in [0.1, 0.15) is 11.6 Å². The zero-order chi connectivity index (χ0) is 24.7. The predicted octanol–water partition coefficient (Wildman–Crippen LogP) is 3.95. The zero-order valence-electron chi connectivity index (χ0n) is 20.7. The molecule has 2 aliphatic heterocycles. The van der Waals surface area contributed by atoms with Gasteiger partial charge < -0.3 is 10.1 Å². The molecular weight excluding hydrogens is 452 g/mol. The Morgan fingerprint density at radius 2 is 2.00 bits per heavy atom. The van der Waals surface area contributed by atoms with Crippen LogP contribution in [0.15, 0.2) is 30.5 Å². The fourth-order valence-corrected chi connectivity index (χ4v) is 4.87. The molecule has 0 unspecified atom stereocenters. The highest BCUT2D eigenvalue weighted by Crippen LogP contribution is 2.31. The number of anilines is 1. The number of ether oxygens (including phenoxy) is 1. The Bertz CT molecular complexity index is 1190. The van der Waals surface area contributed by atoms with Gasteiger partial charge in [0.15, 0.2) is 5.65 Å². The van der Waals surface area contributed by atoms with Gasteiger partial charge in [-0.05, 0) is 30.5 Å². The summed E-state index contributed by atoms with van der Waals surface area (Å²) in [4.78, 5) is 13.8. The van der Waals surface area contributed by atoms with Crippen molar-refractivity contribution in [1.82, 2.24) is 29.4 Å². The van der Waals surface area contributed by atoms with Gasteiger partial charge in [0.25, 0.3) is 5.92 Å². The minimum atomic E-state index is -2.55. The third-order valence-corrected chi connectivity index (χ3v) is 7.02. The second-order valence-electron chi connectivity index (χ2n) is 10.0.